The van der Waals surface area contributed by atoms with E-state index in [2.05, 4.69) is 10.5 Å². The van der Waals surface area contributed by atoms with Crippen LogP contribution >= 0.6 is 0 Å². The molecular weight excluding hydrogens is 167 g/mol. The lowest BCUT2D eigenvalue weighted by atomic mass is 9.96. The van der Waals surface area contributed by atoms with Crippen LogP contribution in [0.25, 0.3) is 0 Å². The van der Waals surface area contributed by atoms with Crippen LogP contribution in [-0.2, 0) is 4.79 Å². The van der Waals surface area contributed by atoms with Crippen LogP contribution in [0.4, 0.5) is 5.69 Å². The molecule has 0 atom stereocenters. The van der Waals surface area contributed by atoms with E-state index in [0.717, 1.165) is 11.7 Å². The Morgan fingerprint density at radius 1 is 1.62 bits per heavy atom. The molecule has 5 heteroatoms. The highest BCUT2D eigenvalue weighted by Gasteiger charge is 1.97. The topological polar surface area (TPSA) is 61.7 Å². The van der Waals surface area contributed by atoms with Gasteiger partial charge in [-0.2, -0.15) is 0 Å². The molecule has 1 amide bonds. The molecule has 0 unspecified atom stereocenters. The van der Waals surface area contributed by atoms with E-state index in [1.54, 1.807) is 6.07 Å². The Morgan fingerprint density at radius 3 is 3.00 bits per heavy atom. The van der Waals surface area contributed by atoms with Crippen LogP contribution in [0.5, 0.6) is 0 Å². The minimum Gasteiger partial charge on any atom is -0.411 e. The molecular formula is C8H9BN2O2. The second-order valence-electron chi connectivity index (χ2n) is 2.60. The van der Waals surface area contributed by atoms with Gasteiger partial charge in [0, 0.05) is 5.69 Å². The zero-order chi connectivity index (χ0) is 9.68. The highest BCUT2D eigenvalue weighted by atomic mass is 16.4. The minimum absolute atomic E-state index is 0.451. The number of hydrogen-bond acceptors (Lipinski definition) is 3. The predicted octanol–water partition coefficient (Wildman–Crippen LogP) is -0.657. The molecule has 0 aromatic heterocycles. The van der Waals surface area contributed by atoms with Gasteiger partial charge in [-0.15, -0.1) is 0 Å². The van der Waals surface area contributed by atoms with Gasteiger partial charge in [-0.05, 0) is 12.1 Å². The summed E-state index contributed by atoms with van der Waals surface area (Å²) >= 11 is 0. The maximum absolute atomic E-state index is 10.9. The fraction of sp³-hybridized carbons (Fsp3) is 0. The summed E-state index contributed by atoms with van der Waals surface area (Å²) in [6.07, 6.45) is 0.808. The summed E-state index contributed by atoms with van der Waals surface area (Å²) in [5.74, 6) is -0.451. The van der Waals surface area contributed by atoms with Gasteiger partial charge in [0.15, 0.2) is 0 Å². The third kappa shape index (κ3) is 2.98. The molecule has 2 N–H and O–H groups in total. The average molecular weight is 176 g/mol. The summed E-state index contributed by atoms with van der Waals surface area (Å²) in [5.41, 5.74) is 1.74. The van der Waals surface area contributed by atoms with E-state index < -0.39 is 5.91 Å². The summed E-state index contributed by atoms with van der Waals surface area (Å²) in [6, 6.07) is 7.34. The molecule has 0 aliphatic rings. The van der Waals surface area contributed by atoms with Crippen molar-refractivity contribution >= 4 is 31.1 Å². The third-order valence-corrected chi connectivity index (χ3v) is 1.46. The van der Waals surface area contributed by atoms with Crippen molar-refractivity contribution in [3.8, 4) is 0 Å². The Bertz CT molecular complexity index is 339. The highest BCUT2D eigenvalue weighted by molar-refractivity contribution is 6.34. The van der Waals surface area contributed by atoms with Gasteiger partial charge in [0.25, 0.3) is 5.91 Å². The summed E-state index contributed by atoms with van der Waals surface area (Å²) < 4.78 is 0. The molecule has 0 spiro atoms. The molecule has 66 valence electrons. The Kier molecular flexibility index (Phi) is 3.08. The van der Waals surface area contributed by atoms with Crippen molar-refractivity contribution in [1.82, 2.24) is 0 Å². The van der Waals surface area contributed by atoms with Crippen LogP contribution in [0.15, 0.2) is 29.4 Å². The maximum atomic E-state index is 10.9. The van der Waals surface area contributed by atoms with E-state index in [1.807, 2.05) is 26.0 Å². The first-order valence-corrected chi connectivity index (χ1v) is 3.77. The Labute approximate surface area is 76.7 Å². The second-order valence-corrected chi connectivity index (χ2v) is 2.60. The number of anilines is 1. The van der Waals surface area contributed by atoms with E-state index >= 15 is 0 Å². The van der Waals surface area contributed by atoms with Crippen molar-refractivity contribution in [1.29, 1.82) is 0 Å². The number of amides is 1. The van der Waals surface area contributed by atoms with E-state index in [-0.39, 0.29) is 0 Å². The lowest BCUT2D eigenvalue weighted by Crippen LogP contribution is -2.14. The minimum atomic E-state index is -0.451. The lowest BCUT2D eigenvalue weighted by Gasteiger charge is -2.01. The Morgan fingerprint density at radius 2 is 2.38 bits per heavy atom. The van der Waals surface area contributed by atoms with Crippen molar-refractivity contribution in [3.63, 3.8) is 0 Å². The molecule has 0 radical (unpaired) electrons. The monoisotopic (exact) mass is 176 g/mol. The number of oxime groups is 1. The fourth-order valence-corrected chi connectivity index (χ4v) is 0.950. The van der Waals surface area contributed by atoms with E-state index in [0.29, 0.717) is 5.69 Å². The highest BCUT2D eigenvalue weighted by Crippen LogP contribution is 2.01. The van der Waals surface area contributed by atoms with Crippen molar-refractivity contribution in [2.75, 3.05) is 5.32 Å². The first kappa shape index (κ1) is 9.31. The van der Waals surface area contributed by atoms with Gasteiger partial charge in [-0.1, -0.05) is 22.8 Å². The fourth-order valence-electron chi connectivity index (χ4n) is 0.950. The molecule has 1 rings (SSSR count). The van der Waals surface area contributed by atoms with Gasteiger partial charge in [-0.25, -0.2) is 0 Å². The SMILES string of the molecule is Bc1cccc(NC(=O)/C=N\O)c1. The van der Waals surface area contributed by atoms with Crippen LogP contribution < -0.4 is 10.8 Å². The van der Waals surface area contributed by atoms with Crippen LogP contribution in [0.2, 0.25) is 0 Å². The third-order valence-electron chi connectivity index (χ3n) is 1.46. The molecule has 13 heavy (non-hydrogen) atoms. The summed E-state index contributed by atoms with van der Waals surface area (Å²) in [7, 11) is 1.93. The van der Waals surface area contributed by atoms with Gasteiger partial charge in [0.1, 0.15) is 14.1 Å². The molecule has 4 nitrogen and oxygen atoms in total. The molecule has 1 aromatic carbocycles. The van der Waals surface area contributed by atoms with Crippen molar-refractivity contribution < 1.29 is 10.0 Å². The molecule has 0 saturated heterocycles. The first-order valence-electron chi connectivity index (χ1n) is 3.77. The maximum Gasteiger partial charge on any atom is 0.270 e. The van der Waals surface area contributed by atoms with Crippen molar-refractivity contribution in [2.45, 2.75) is 0 Å². The molecule has 0 aliphatic carbocycles. The standard InChI is InChI=1S/C8H9BN2O2/c9-6-2-1-3-7(4-6)11-8(12)5-10-13/h1-5,13H,9H2,(H,11,12)/b10-5-. The van der Waals surface area contributed by atoms with E-state index in [1.165, 1.54) is 0 Å². The van der Waals surface area contributed by atoms with Crippen molar-refractivity contribution in [2.24, 2.45) is 5.16 Å². The van der Waals surface area contributed by atoms with Gasteiger partial charge in [-0.3, -0.25) is 4.79 Å². The number of rotatable bonds is 2. The quantitative estimate of drug-likeness (QED) is 0.272. The lowest BCUT2D eigenvalue weighted by molar-refractivity contribution is -0.110. The number of carbonyl (C=O) groups excluding carboxylic acids is 1. The Balaban J connectivity index is 2.69. The second kappa shape index (κ2) is 4.30. The zero-order valence-electron chi connectivity index (χ0n) is 7.19. The van der Waals surface area contributed by atoms with Gasteiger partial charge < -0.3 is 10.5 Å². The van der Waals surface area contributed by atoms with Crippen LogP contribution in [0, 0.1) is 0 Å². The number of carbonyl (C=O) groups is 1. The normalized spacial score (nSPS) is 10.2. The molecule has 0 heterocycles. The first-order chi connectivity index (χ1) is 6.22. The molecule has 0 bridgehead atoms. The number of hydrogen-bond donors (Lipinski definition) is 2. The van der Waals surface area contributed by atoms with Gasteiger partial charge >= 0.3 is 0 Å². The Hall–Kier alpha value is -1.78. The number of nitrogens with zero attached hydrogens (tertiary/aromatic N) is 1. The molecule has 0 aliphatic heterocycles. The predicted molar refractivity (Wildman–Crippen MR) is 53.5 cm³/mol. The van der Waals surface area contributed by atoms with E-state index in [9.17, 15) is 4.79 Å². The molecule has 0 fully saturated rings. The largest absolute Gasteiger partial charge is 0.411 e. The van der Waals surface area contributed by atoms with Gasteiger partial charge in [0.05, 0.1) is 0 Å². The number of benzene rings is 1. The van der Waals surface area contributed by atoms with Crippen LogP contribution in [-0.4, -0.2) is 25.2 Å². The number of nitrogens with one attached hydrogen (secondary N) is 1. The van der Waals surface area contributed by atoms with E-state index in [4.69, 9.17) is 5.21 Å². The zero-order valence-corrected chi connectivity index (χ0v) is 7.19. The molecule has 1 aromatic rings. The van der Waals surface area contributed by atoms with Gasteiger partial charge in [0.2, 0.25) is 0 Å². The van der Waals surface area contributed by atoms with Crippen LogP contribution in [0.3, 0.4) is 0 Å². The molecule has 0 saturated carbocycles. The average Bonchev–Trinajstić information content (AvgIpc) is 2.04. The summed E-state index contributed by atoms with van der Waals surface area (Å²) in [4.78, 5) is 10.9. The smallest absolute Gasteiger partial charge is 0.270 e. The summed E-state index contributed by atoms with van der Waals surface area (Å²) in [5, 5.41) is 13.2. The summed E-state index contributed by atoms with van der Waals surface area (Å²) in [6.45, 7) is 0. The van der Waals surface area contributed by atoms with Crippen LogP contribution in [0.1, 0.15) is 0 Å². The van der Waals surface area contributed by atoms with Crippen molar-refractivity contribution in [3.05, 3.63) is 24.3 Å².